The van der Waals surface area contributed by atoms with Crippen molar-refractivity contribution < 1.29 is 9.18 Å². The first kappa shape index (κ1) is 18.1. The summed E-state index contributed by atoms with van der Waals surface area (Å²) in [6.45, 7) is 3.04. The second-order valence-corrected chi connectivity index (χ2v) is 6.71. The molecular formula is C22H23FN2O. The summed E-state index contributed by atoms with van der Waals surface area (Å²) >= 11 is 0. The lowest BCUT2D eigenvalue weighted by molar-refractivity contribution is -0.122. The van der Waals surface area contributed by atoms with Crippen molar-refractivity contribution >= 4 is 16.7 Å². The van der Waals surface area contributed by atoms with E-state index in [9.17, 15) is 9.18 Å². The topological polar surface area (TPSA) is 32.3 Å². The van der Waals surface area contributed by atoms with E-state index in [-0.39, 0.29) is 11.7 Å². The Morgan fingerprint density at radius 3 is 2.50 bits per heavy atom. The Morgan fingerprint density at radius 2 is 1.73 bits per heavy atom. The average Bonchev–Trinajstić information content (AvgIpc) is 2.62. The van der Waals surface area contributed by atoms with Crippen molar-refractivity contribution in [3.63, 3.8) is 0 Å². The van der Waals surface area contributed by atoms with Gasteiger partial charge in [-0.1, -0.05) is 48.5 Å². The first-order valence-corrected chi connectivity index (χ1v) is 8.69. The zero-order valence-corrected chi connectivity index (χ0v) is 15.1. The molecule has 3 nitrogen and oxygen atoms in total. The van der Waals surface area contributed by atoms with Crippen LogP contribution in [0.5, 0.6) is 0 Å². The molecule has 0 fully saturated rings. The number of amides is 1. The number of nitrogens with zero attached hydrogens (tertiary/aromatic N) is 1. The Morgan fingerprint density at radius 1 is 1.00 bits per heavy atom. The lowest BCUT2D eigenvalue weighted by atomic mass is 10.1. The van der Waals surface area contributed by atoms with Gasteiger partial charge in [0.15, 0.2) is 0 Å². The number of rotatable bonds is 6. The molecule has 3 rings (SSSR count). The molecule has 4 heteroatoms. The van der Waals surface area contributed by atoms with E-state index in [0.29, 0.717) is 25.2 Å². The van der Waals surface area contributed by atoms with E-state index in [1.54, 1.807) is 13.0 Å². The van der Waals surface area contributed by atoms with Gasteiger partial charge in [-0.2, -0.15) is 0 Å². The molecular weight excluding hydrogens is 327 g/mol. The van der Waals surface area contributed by atoms with Gasteiger partial charge in [-0.05, 0) is 53.6 Å². The highest BCUT2D eigenvalue weighted by Gasteiger charge is 2.08. The largest absolute Gasteiger partial charge is 0.351 e. The molecule has 26 heavy (non-hydrogen) atoms. The van der Waals surface area contributed by atoms with Crippen LogP contribution in [0.4, 0.5) is 4.39 Å². The molecule has 0 aliphatic rings. The summed E-state index contributed by atoms with van der Waals surface area (Å²) in [5, 5.41) is 5.25. The molecule has 0 aliphatic heterocycles. The quantitative estimate of drug-likeness (QED) is 0.728. The minimum absolute atomic E-state index is 0.0747. The lowest BCUT2D eigenvalue weighted by Crippen LogP contribution is -2.34. The highest BCUT2D eigenvalue weighted by atomic mass is 19.1. The van der Waals surface area contributed by atoms with Crippen LogP contribution in [0.3, 0.4) is 0 Å². The monoisotopic (exact) mass is 350 g/mol. The van der Waals surface area contributed by atoms with Crippen molar-refractivity contribution in [2.24, 2.45) is 0 Å². The molecule has 0 radical (unpaired) electrons. The normalized spacial score (nSPS) is 11.1. The van der Waals surface area contributed by atoms with Crippen LogP contribution in [-0.2, 0) is 17.9 Å². The van der Waals surface area contributed by atoms with E-state index in [0.717, 1.165) is 5.56 Å². The fourth-order valence-electron chi connectivity index (χ4n) is 2.95. The number of fused-ring (bicyclic) bond motifs is 1. The van der Waals surface area contributed by atoms with Gasteiger partial charge in [0.1, 0.15) is 5.82 Å². The van der Waals surface area contributed by atoms with Gasteiger partial charge in [0.05, 0.1) is 6.54 Å². The van der Waals surface area contributed by atoms with Gasteiger partial charge in [0.2, 0.25) is 5.91 Å². The number of halogens is 1. The molecule has 0 saturated carbocycles. The summed E-state index contributed by atoms with van der Waals surface area (Å²) in [6.07, 6.45) is 0. The van der Waals surface area contributed by atoms with E-state index in [1.807, 2.05) is 30.1 Å². The minimum atomic E-state index is -0.245. The Kier molecular flexibility index (Phi) is 5.64. The van der Waals surface area contributed by atoms with Crippen LogP contribution in [0.15, 0.2) is 60.7 Å². The summed E-state index contributed by atoms with van der Waals surface area (Å²) in [4.78, 5) is 14.1. The van der Waals surface area contributed by atoms with Gasteiger partial charge in [-0.25, -0.2) is 4.39 Å². The van der Waals surface area contributed by atoms with Gasteiger partial charge in [-0.15, -0.1) is 0 Å². The predicted molar refractivity (Wildman–Crippen MR) is 103 cm³/mol. The molecule has 0 atom stereocenters. The fourth-order valence-corrected chi connectivity index (χ4v) is 2.95. The summed E-state index contributed by atoms with van der Waals surface area (Å²) in [5.41, 5.74) is 2.54. The second-order valence-electron chi connectivity index (χ2n) is 6.71. The van der Waals surface area contributed by atoms with Gasteiger partial charge < -0.3 is 5.32 Å². The molecule has 0 heterocycles. The maximum absolute atomic E-state index is 13.5. The van der Waals surface area contributed by atoms with E-state index in [4.69, 9.17) is 0 Å². The van der Waals surface area contributed by atoms with E-state index < -0.39 is 0 Å². The lowest BCUT2D eigenvalue weighted by Gasteiger charge is -2.17. The van der Waals surface area contributed by atoms with Crippen molar-refractivity contribution in [3.8, 4) is 0 Å². The molecule has 0 saturated heterocycles. The smallest absolute Gasteiger partial charge is 0.234 e. The minimum Gasteiger partial charge on any atom is -0.351 e. The van der Waals surface area contributed by atoms with Crippen LogP contribution >= 0.6 is 0 Å². The van der Waals surface area contributed by atoms with E-state index in [1.165, 1.54) is 22.4 Å². The maximum atomic E-state index is 13.5. The Hall–Kier alpha value is -2.72. The van der Waals surface area contributed by atoms with Crippen molar-refractivity contribution in [1.82, 2.24) is 10.2 Å². The first-order chi connectivity index (χ1) is 12.5. The van der Waals surface area contributed by atoms with Crippen LogP contribution in [-0.4, -0.2) is 24.4 Å². The first-order valence-electron chi connectivity index (χ1n) is 8.69. The zero-order chi connectivity index (χ0) is 18.5. The SMILES string of the molecule is Cc1ccc(CNC(=O)CN(C)Cc2ccc3ccccc3c2)cc1F. The molecule has 1 amide bonds. The summed E-state index contributed by atoms with van der Waals surface area (Å²) in [5.74, 6) is -0.320. The molecule has 134 valence electrons. The number of hydrogen-bond acceptors (Lipinski definition) is 2. The molecule has 0 unspecified atom stereocenters. The third kappa shape index (κ3) is 4.67. The molecule has 0 aromatic heterocycles. The zero-order valence-electron chi connectivity index (χ0n) is 15.1. The molecule has 0 bridgehead atoms. The van der Waals surface area contributed by atoms with E-state index >= 15 is 0 Å². The average molecular weight is 350 g/mol. The van der Waals surface area contributed by atoms with Crippen LogP contribution in [0.1, 0.15) is 16.7 Å². The number of benzene rings is 3. The van der Waals surface area contributed by atoms with Crippen molar-refractivity contribution in [2.75, 3.05) is 13.6 Å². The molecule has 3 aromatic carbocycles. The molecule has 1 N–H and O–H groups in total. The highest BCUT2D eigenvalue weighted by molar-refractivity contribution is 5.83. The Labute approximate surface area is 153 Å². The molecule has 3 aromatic rings. The number of nitrogens with one attached hydrogen (secondary N) is 1. The number of hydrogen-bond donors (Lipinski definition) is 1. The van der Waals surface area contributed by atoms with Gasteiger partial charge in [-0.3, -0.25) is 9.69 Å². The van der Waals surface area contributed by atoms with Crippen LogP contribution < -0.4 is 5.32 Å². The van der Waals surface area contributed by atoms with Crippen LogP contribution in [0, 0.1) is 12.7 Å². The van der Waals surface area contributed by atoms with Crippen LogP contribution in [0.2, 0.25) is 0 Å². The molecule has 0 spiro atoms. The number of likely N-dealkylation sites (N-methyl/N-ethyl adjacent to an activating group) is 1. The molecule has 0 aliphatic carbocycles. The standard InChI is InChI=1S/C22H23FN2O/c1-16-7-8-17(12-21(16)23)13-24-22(26)15-25(2)14-18-9-10-19-5-3-4-6-20(19)11-18/h3-12H,13-15H2,1-2H3,(H,24,26). The van der Waals surface area contributed by atoms with Crippen molar-refractivity contribution in [1.29, 1.82) is 0 Å². The number of carbonyl (C=O) groups excluding carboxylic acids is 1. The third-order valence-corrected chi connectivity index (χ3v) is 4.41. The van der Waals surface area contributed by atoms with Crippen molar-refractivity contribution in [2.45, 2.75) is 20.0 Å². The Bertz CT molecular complexity index is 923. The van der Waals surface area contributed by atoms with Gasteiger partial charge in [0.25, 0.3) is 0 Å². The summed E-state index contributed by atoms with van der Waals surface area (Å²) < 4.78 is 13.5. The maximum Gasteiger partial charge on any atom is 0.234 e. The summed E-state index contributed by atoms with van der Waals surface area (Å²) in [7, 11) is 1.92. The Balaban J connectivity index is 1.52. The number of aryl methyl sites for hydroxylation is 1. The summed E-state index contributed by atoms with van der Waals surface area (Å²) in [6, 6.07) is 19.6. The van der Waals surface area contributed by atoms with Gasteiger partial charge >= 0.3 is 0 Å². The fraction of sp³-hybridized carbons (Fsp3) is 0.227. The third-order valence-electron chi connectivity index (χ3n) is 4.41. The second kappa shape index (κ2) is 8.11. The van der Waals surface area contributed by atoms with Crippen LogP contribution in [0.25, 0.3) is 10.8 Å². The van der Waals surface area contributed by atoms with Gasteiger partial charge in [0, 0.05) is 13.1 Å². The highest BCUT2D eigenvalue weighted by Crippen LogP contribution is 2.16. The van der Waals surface area contributed by atoms with Crippen molar-refractivity contribution in [3.05, 3.63) is 83.2 Å². The predicted octanol–water partition coefficient (Wildman–Crippen LogP) is 4.04. The number of carbonyl (C=O) groups is 1. The van der Waals surface area contributed by atoms with E-state index in [2.05, 4.69) is 35.6 Å².